The van der Waals surface area contributed by atoms with Gasteiger partial charge >= 0.3 is 0 Å². The molecule has 4 nitrogen and oxygen atoms in total. The van der Waals surface area contributed by atoms with Crippen molar-refractivity contribution < 1.29 is 0 Å². The molecule has 0 saturated carbocycles. The van der Waals surface area contributed by atoms with Gasteiger partial charge in [-0.25, -0.2) is 9.97 Å². The van der Waals surface area contributed by atoms with E-state index in [0.29, 0.717) is 0 Å². The fraction of sp³-hybridized carbons (Fsp3) is 0.286. The molecule has 1 aromatic carbocycles. The third-order valence-corrected chi connectivity index (χ3v) is 3.36. The van der Waals surface area contributed by atoms with Crippen molar-refractivity contribution in [2.24, 2.45) is 0 Å². The molecule has 2 aromatic rings. The quantitative estimate of drug-likeness (QED) is 0.827. The Balaban J connectivity index is 1.98. The van der Waals surface area contributed by atoms with Crippen LogP contribution in [0.25, 0.3) is 0 Å². The lowest BCUT2D eigenvalue weighted by molar-refractivity contribution is 0.625. The summed E-state index contributed by atoms with van der Waals surface area (Å²) in [5.41, 5.74) is 4.38. The highest BCUT2D eigenvalue weighted by atomic mass is 35.5. The van der Waals surface area contributed by atoms with Gasteiger partial charge in [-0.3, -0.25) is 0 Å². The number of rotatable bonds is 2. The molecule has 0 unspecified atom stereocenters. The maximum atomic E-state index is 5.99. The summed E-state index contributed by atoms with van der Waals surface area (Å²) in [6.45, 7) is 3.76. The molecule has 2 heterocycles. The zero-order valence-electron chi connectivity index (χ0n) is 10.7. The van der Waals surface area contributed by atoms with Gasteiger partial charge in [0.15, 0.2) is 0 Å². The Morgan fingerprint density at radius 1 is 1.32 bits per heavy atom. The summed E-state index contributed by atoms with van der Waals surface area (Å²) in [6, 6.07) is 8.20. The van der Waals surface area contributed by atoms with Gasteiger partial charge in [0.05, 0.1) is 5.69 Å². The lowest BCUT2D eigenvalue weighted by Gasteiger charge is -2.19. The number of aromatic nitrogens is 2. The molecule has 98 valence electrons. The molecule has 0 spiro atoms. The maximum absolute atomic E-state index is 5.99. The van der Waals surface area contributed by atoms with Gasteiger partial charge in [0.2, 0.25) is 5.28 Å². The standard InChI is InChI=1S/C14H15ClN4/c1-9-3-2-4-10(7-9)17-13-11-5-6-16-8-12(11)18-14(15)19-13/h2-4,7,16H,5-6,8H2,1H3,(H,17,18,19). The fourth-order valence-corrected chi connectivity index (χ4v) is 2.48. The lowest BCUT2D eigenvalue weighted by atomic mass is 10.1. The molecule has 0 aliphatic carbocycles. The monoisotopic (exact) mass is 274 g/mol. The van der Waals surface area contributed by atoms with Crippen LogP contribution in [0.5, 0.6) is 0 Å². The topological polar surface area (TPSA) is 49.8 Å². The zero-order chi connectivity index (χ0) is 13.2. The summed E-state index contributed by atoms with van der Waals surface area (Å²) in [5.74, 6) is 0.821. The van der Waals surface area contributed by atoms with E-state index in [4.69, 9.17) is 11.6 Å². The first-order valence-electron chi connectivity index (χ1n) is 6.32. The smallest absolute Gasteiger partial charge is 0.224 e. The summed E-state index contributed by atoms with van der Waals surface area (Å²) >= 11 is 5.99. The lowest BCUT2D eigenvalue weighted by Crippen LogP contribution is -2.26. The van der Waals surface area contributed by atoms with Crippen molar-refractivity contribution in [2.75, 3.05) is 11.9 Å². The summed E-state index contributed by atoms with van der Waals surface area (Å²) in [5, 5.41) is 6.93. The second-order valence-electron chi connectivity index (χ2n) is 4.69. The van der Waals surface area contributed by atoms with Crippen LogP contribution < -0.4 is 10.6 Å². The number of fused-ring (bicyclic) bond motifs is 1. The Labute approximate surface area is 117 Å². The van der Waals surface area contributed by atoms with E-state index in [2.05, 4.69) is 39.7 Å². The molecule has 2 N–H and O–H groups in total. The second kappa shape index (κ2) is 5.15. The summed E-state index contributed by atoms with van der Waals surface area (Å²) in [6.07, 6.45) is 0.917. The van der Waals surface area contributed by atoms with Crippen LogP contribution in [0.3, 0.4) is 0 Å². The van der Waals surface area contributed by atoms with Crippen molar-refractivity contribution in [3.05, 3.63) is 46.4 Å². The molecule has 0 atom stereocenters. The first-order valence-corrected chi connectivity index (χ1v) is 6.70. The van der Waals surface area contributed by atoms with Gasteiger partial charge in [-0.05, 0) is 49.2 Å². The Hall–Kier alpha value is -1.65. The van der Waals surface area contributed by atoms with Crippen LogP contribution in [-0.4, -0.2) is 16.5 Å². The summed E-state index contributed by atoms with van der Waals surface area (Å²) < 4.78 is 0. The SMILES string of the molecule is Cc1cccc(Nc2nc(Cl)nc3c2CCNC3)c1. The Morgan fingerprint density at radius 2 is 2.21 bits per heavy atom. The van der Waals surface area contributed by atoms with E-state index in [-0.39, 0.29) is 5.28 Å². The Kier molecular flexibility index (Phi) is 3.36. The average molecular weight is 275 g/mol. The normalized spacial score (nSPS) is 14.0. The molecule has 3 rings (SSSR count). The molecule has 0 fully saturated rings. The van der Waals surface area contributed by atoms with Crippen LogP contribution in [0.15, 0.2) is 24.3 Å². The van der Waals surface area contributed by atoms with Crippen molar-refractivity contribution in [3.8, 4) is 0 Å². The minimum absolute atomic E-state index is 0.289. The van der Waals surface area contributed by atoms with E-state index in [1.54, 1.807) is 0 Å². The highest BCUT2D eigenvalue weighted by Crippen LogP contribution is 2.25. The number of hydrogen-bond acceptors (Lipinski definition) is 4. The van der Waals surface area contributed by atoms with Gasteiger partial charge in [-0.1, -0.05) is 12.1 Å². The molecule has 1 aliphatic heterocycles. The first-order chi connectivity index (χ1) is 9.22. The average Bonchev–Trinajstić information content (AvgIpc) is 2.38. The third kappa shape index (κ3) is 2.69. The van der Waals surface area contributed by atoms with Crippen LogP contribution in [0.1, 0.15) is 16.8 Å². The van der Waals surface area contributed by atoms with Gasteiger partial charge in [0.25, 0.3) is 0 Å². The number of benzene rings is 1. The Bertz CT molecular complexity index is 612. The van der Waals surface area contributed by atoms with E-state index in [1.807, 2.05) is 12.1 Å². The minimum Gasteiger partial charge on any atom is -0.340 e. The van der Waals surface area contributed by atoms with Crippen molar-refractivity contribution in [1.82, 2.24) is 15.3 Å². The first kappa shape index (κ1) is 12.4. The highest BCUT2D eigenvalue weighted by molar-refractivity contribution is 6.28. The molecule has 0 bridgehead atoms. The van der Waals surface area contributed by atoms with E-state index in [1.165, 1.54) is 5.56 Å². The Morgan fingerprint density at radius 3 is 3.05 bits per heavy atom. The van der Waals surface area contributed by atoms with Crippen LogP contribution in [0.4, 0.5) is 11.5 Å². The molecular weight excluding hydrogens is 260 g/mol. The van der Waals surface area contributed by atoms with Gasteiger partial charge in [0, 0.05) is 17.8 Å². The molecule has 1 aromatic heterocycles. The fourth-order valence-electron chi connectivity index (χ4n) is 2.29. The third-order valence-electron chi connectivity index (χ3n) is 3.19. The number of anilines is 2. The highest BCUT2D eigenvalue weighted by Gasteiger charge is 2.17. The number of nitrogens with one attached hydrogen (secondary N) is 2. The van der Waals surface area contributed by atoms with E-state index >= 15 is 0 Å². The van der Waals surface area contributed by atoms with Crippen LogP contribution in [-0.2, 0) is 13.0 Å². The van der Waals surface area contributed by atoms with Crippen molar-refractivity contribution in [2.45, 2.75) is 19.9 Å². The molecule has 0 amide bonds. The van der Waals surface area contributed by atoms with E-state index < -0.39 is 0 Å². The van der Waals surface area contributed by atoms with Crippen molar-refractivity contribution in [1.29, 1.82) is 0 Å². The van der Waals surface area contributed by atoms with Crippen LogP contribution in [0, 0.1) is 6.92 Å². The molecule has 1 aliphatic rings. The predicted molar refractivity (Wildman–Crippen MR) is 76.9 cm³/mol. The van der Waals surface area contributed by atoms with Gasteiger partial charge in [-0.15, -0.1) is 0 Å². The number of nitrogens with zero attached hydrogens (tertiary/aromatic N) is 2. The minimum atomic E-state index is 0.289. The molecule has 19 heavy (non-hydrogen) atoms. The van der Waals surface area contributed by atoms with Crippen molar-refractivity contribution >= 4 is 23.1 Å². The summed E-state index contributed by atoms with van der Waals surface area (Å²) in [4.78, 5) is 8.61. The molecule has 5 heteroatoms. The molecule has 0 saturated heterocycles. The zero-order valence-corrected chi connectivity index (χ0v) is 11.5. The molecular formula is C14H15ClN4. The van der Waals surface area contributed by atoms with Gasteiger partial charge < -0.3 is 10.6 Å². The predicted octanol–water partition coefficient (Wildman–Crippen LogP) is 2.83. The van der Waals surface area contributed by atoms with Gasteiger partial charge in [-0.2, -0.15) is 0 Å². The summed E-state index contributed by atoms with van der Waals surface area (Å²) in [7, 11) is 0. The largest absolute Gasteiger partial charge is 0.340 e. The number of halogens is 1. The molecule has 0 radical (unpaired) electrons. The van der Waals surface area contributed by atoms with Gasteiger partial charge in [0.1, 0.15) is 5.82 Å². The van der Waals surface area contributed by atoms with E-state index in [0.717, 1.165) is 42.3 Å². The van der Waals surface area contributed by atoms with Crippen LogP contribution in [0.2, 0.25) is 5.28 Å². The number of aryl methyl sites for hydroxylation is 1. The maximum Gasteiger partial charge on any atom is 0.224 e. The second-order valence-corrected chi connectivity index (χ2v) is 5.03. The van der Waals surface area contributed by atoms with Crippen LogP contribution >= 0.6 is 11.6 Å². The number of hydrogen-bond donors (Lipinski definition) is 2. The van der Waals surface area contributed by atoms with Crippen molar-refractivity contribution in [3.63, 3.8) is 0 Å². The van der Waals surface area contributed by atoms with E-state index in [9.17, 15) is 0 Å².